The molecule has 0 unspecified atom stereocenters. The molecule has 0 aliphatic carbocycles. The molecule has 7 heteroatoms. The fourth-order valence-electron chi connectivity index (χ4n) is 4.02. The second kappa shape index (κ2) is 8.86. The van der Waals surface area contributed by atoms with E-state index in [9.17, 15) is 14.4 Å². The van der Waals surface area contributed by atoms with Crippen molar-refractivity contribution >= 4 is 29.6 Å². The van der Waals surface area contributed by atoms with E-state index in [2.05, 4.69) is 5.32 Å². The standard InChI is InChI=1S/C27H22N2O5/c1-17-13-20-14-19(7-12-24(20)34-17)15-23-25(30)28-27(32)29(26(23)31)21-8-10-22(11-9-21)33-16-18-5-3-2-4-6-18/h2-12,14-15,17H,13,16H2,1H3,(H,28,30,32)/b23-15-/t17-/m0/s1. The van der Waals surface area contributed by atoms with Gasteiger partial charge in [0.1, 0.15) is 29.8 Å². The van der Waals surface area contributed by atoms with E-state index in [-0.39, 0.29) is 11.7 Å². The molecule has 2 aliphatic rings. The van der Waals surface area contributed by atoms with Crippen molar-refractivity contribution in [1.29, 1.82) is 0 Å². The van der Waals surface area contributed by atoms with Crippen molar-refractivity contribution in [2.45, 2.75) is 26.1 Å². The maximum absolute atomic E-state index is 13.2. The first-order valence-corrected chi connectivity index (χ1v) is 11.0. The third-order valence-corrected chi connectivity index (χ3v) is 5.68. The van der Waals surface area contributed by atoms with Gasteiger partial charge in [0.15, 0.2) is 0 Å². The summed E-state index contributed by atoms with van der Waals surface area (Å²) < 4.78 is 11.5. The summed E-state index contributed by atoms with van der Waals surface area (Å²) in [6.07, 6.45) is 2.35. The Labute approximate surface area is 196 Å². The summed E-state index contributed by atoms with van der Waals surface area (Å²) in [5.74, 6) is -0.00430. The molecular formula is C27H22N2O5. The number of urea groups is 1. The number of nitrogens with zero attached hydrogens (tertiary/aromatic N) is 1. The molecule has 1 atom stereocenters. The van der Waals surface area contributed by atoms with Crippen LogP contribution in [0, 0.1) is 0 Å². The molecule has 2 aliphatic heterocycles. The van der Waals surface area contributed by atoms with E-state index in [1.807, 2.05) is 49.4 Å². The van der Waals surface area contributed by atoms with Gasteiger partial charge in [0, 0.05) is 6.42 Å². The first kappa shape index (κ1) is 21.5. The molecule has 0 spiro atoms. The van der Waals surface area contributed by atoms with Gasteiger partial charge in [-0.15, -0.1) is 0 Å². The van der Waals surface area contributed by atoms with E-state index in [0.717, 1.165) is 28.2 Å². The molecule has 7 nitrogen and oxygen atoms in total. The van der Waals surface area contributed by atoms with Crippen LogP contribution < -0.4 is 19.7 Å². The van der Waals surface area contributed by atoms with E-state index in [1.54, 1.807) is 30.3 Å². The fraction of sp³-hybridized carbons (Fsp3) is 0.148. The predicted molar refractivity (Wildman–Crippen MR) is 126 cm³/mol. The molecule has 5 rings (SSSR count). The maximum atomic E-state index is 13.2. The number of benzene rings is 3. The summed E-state index contributed by atoms with van der Waals surface area (Å²) in [5, 5.41) is 2.25. The van der Waals surface area contributed by atoms with Crippen molar-refractivity contribution in [3.63, 3.8) is 0 Å². The van der Waals surface area contributed by atoms with Crippen LogP contribution in [-0.4, -0.2) is 23.9 Å². The van der Waals surface area contributed by atoms with Gasteiger partial charge >= 0.3 is 6.03 Å². The van der Waals surface area contributed by atoms with Gasteiger partial charge in [-0.2, -0.15) is 0 Å². The van der Waals surface area contributed by atoms with E-state index < -0.39 is 17.8 Å². The smallest absolute Gasteiger partial charge is 0.335 e. The van der Waals surface area contributed by atoms with Gasteiger partial charge in [0.05, 0.1) is 5.69 Å². The van der Waals surface area contributed by atoms with Gasteiger partial charge in [0.2, 0.25) is 0 Å². The van der Waals surface area contributed by atoms with Crippen molar-refractivity contribution in [1.82, 2.24) is 5.32 Å². The highest BCUT2D eigenvalue weighted by atomic mass is 16.5. The topological polar surface area (TPSA) is 84.9 Å². The second-order valence-corrected chi connectivity index (χ2v) is 8.23. The molecule has 170 valence electrons. The zero-order valence-electron chi connectivity index (χ0n) is 18.5. The molecule has 1 saturated heterocycles. The van der Waals surface area contributed by atoms with Crippen LogP contribution in [0.2, 0.25) is 0 Å². The average Bonchev–Trinajstić information content (AvgIpc) is 3.21. The minimum atomic E-state index is -0.790. The molecule has 0 bridgehead atoms. The number of fused-ring (bicyclic) bond motifs is 1. The predicted octanol–water partition coefficient (Wildman–Crippen LogP) is 4.26. The fourth-order valence-corrected chi connectivity index (χ4v) is 4.02. The van der Waals surface area contributed by atoms with Crippen LogP contribution in [0.15, 0.2) is 78.4 Å². The summed E-state index contributed by atoms with van der Waals surface area (Å²) in [5.41, 5.74) is 2.96. The van der Waals surface area contributed by atoms with Crippen LogP contribution in [0.25, 0.3) is 6.08 Å². The Morgan fingerprint density at radius 2 is 1.79 bits per heavy atom. The number of rotatable bonds is 5. The molecule has 1 fully saturated rings. The minimum Gasteiger partial charge on any atom is -0.490 e. The third kappa shape index (κ3) is 4.28. The van der Waals surface area contributed by atoms with Crippen LogP contribution in [0.4, 0.5) is 10.5 Å². The van der Waals surface area contributed by atoms with Crippen LogP contribution in [0.5, 0.6) is 11.5 Å². The number of carbonyl (C=O) groups is 3. The zero-order chi connectivity index (χ0) is 23.7. The van der Waals surface area contributed by atoms with Gasteiger partial charge in [-0.3, -0.25) is 14.9 Å². The third-order valence-electron chi connectivity index (χ3n) is 5.68. The van der Waals surface area contributed by atoms with E-state index in [0.29, 0.717) is 23.6 Å². The van der Waals surface area contributed by atoms with Crippen molar-refractivity contribution in [2.75, 3.05) is 4.90 Å². The molecule has 34 heavy (non-hydrogen) atoms. The number of imide groups is 2. The lowest BCUT2D eigenvalue weighted by Crippen LogP contribution is -2.54. The number of anilines is 1. The van der Waals surface area contributed by atoms with Crippen LogP contribution in [0.3, 0.4) is 0 Å². The van der Waals surface area contributed by atoms with E-state index >= 15 is 0 Å². The quantitative estimate of drug-likeness (QED) is 0.460. The van der Waals surface area contributed by atoms with Crippen LogP contribution in [-0.2, 0) is 22.6 Å². The number of hydrogen-bond donors (Lipinski definition) is 1. The molecule has 0 radical (unpaired) electrons. The van der Waals surface area contributed by atoms with E-state index in [4.69, 9.17) is 9.47 Å². The Balaban J connectivity index is 1.35. The summed E-state index contributed by atoms with van der Waals surface area (Å²) in [6, 6.07) is 21.0. The lowest BCUT2D eigenvalue weighted by molar-refractivity contribution is -0.122. The molecule has 3 aromatic rings. The van der Waals surface area contributed by atoms with Crippen molar-refractivity contribution in [2.24, 2.45) is 0 Å². The Morgan fingerprint density at radius 1 is 1.03 bits per heavy atom. The largest absolute Gasteiger partial charge is 0.490 e. The molecular weight excluding hydrogens is 432 g/mol. The first-order chi connectivity index (χ1) is 16.5. The van der Waals surface area contributed by atoms with Gasteiger partial charge in [-0.25, -0.2) is 9.69 Å². The van der Waals surface area contributed by atoms with Crippen LogP contribution in [0.1, 0.15) is 23.6 Å². The highest BCUT2D eigenvalue weighted by Gasteiger charge is 2.37. The molecule has 1 N–H and O–H groups in total. The zero-order valence-corrected chi connectivity index (χ0v) is 18.5. The SMILES string of the molecule is C[C@H]1Cc2cc(/C=C3/C(=O)NC(=O)N(c4ccc(OCc5ccccc5)cc4)C3=O)ccc2O1. The van der Waals surface area contributed by atoms with Crippen molar-refractivity contribution in [3.05, 3.63) is 95.1 Å². The van der Waals surface area contributed by atoms with E-state index in [1.165, 1.54) is 6.08 Å². The number of hydrogen-bond acceptors (Lipinski definition) is 5. The van der Waals surface area contributed by atoms with Crippen molar-refractivity contribution < 1.29 is 23.9 Å². The number of amides is 4. The lowest BCUT2D eigenvalue weighted by atomic mass is 10.0. The highest BCUT2D eigenvalue weighted by Crippen LogP contribution is 2.31. The Bertz CT molecular complexity index is 1300. The molecule has 4 amide bonds. The molecule has 0 aromatic heterocycles. The molecule has 0 saturated carbocycles. The Morgan fingerprint density at radius 3 is 2.56 bits per heavy atom. The normalized spacial score (nSPS) is 18.5. The maximum Gasteiger partial charge on any atom is 0.335 e. The summed E-state index contributed by atoms with van der Waals surface area (Å²) in [4.78, 5) is 39.1. The number of carbonyl (C=O) groups excluding carboxylic acids is 3. The summed E-state index contributed by atoms with van der Waals surface area (Å²) >= 11 is 0. The summed E-state index contributed by atoms with van der Waals surface area (Å²) in [7, 11) is 0. The Kier molecular flexibility index (Phi) is 5.59. The van der Waals surface area contributed by atoms with Crippen molar-refractivity contribution in [3.8, 4) is 11.5 Å². The Hall–Kier alpha value is -4.39. The molecule has 2 heterocycles. The summed E-state index contributed by atoms with van der Waals surface area (Å²) in [6.45, 7) is 2.38. The second-order valence-electron chi connectivity index (χ2n) is 8.23. The van der Waals surface area contributed by atoms with Crippen LogP contribution >= 0.6 is 0 Å². The number of nitrogens with one attached hydrogen (secondary N) is 1. The number of ether oxygens (including phenoxy) is 2. The number of barbiturate groups is 1. The highest BCUT2D eigenvalue weighted by molar-refractivity contribution is 6.39. The van der Waals surface area contributed by atoms with Gasteiger partial charge in [-0.1, -0.05) is 36.4 Å². The van der Waals surface area contributed by atoms with Gasteiger partial charge < -0.3 is 9.47 Å². The first-order valence-electron chi connectivity index (χ1n) is 11.0. The monoisotopic (exact) mass is 454 g/mol. The van der Waals surface area contributed by atoms with Gasteiger partial charge in [0.25, 0.3) is 11.8 Å². The molecule has 3 aromatic carbocycles. The van der Waals surface area contributed by atoms with Gasteiger partial charge in [-0.05, 0) is 66.1 Å². The lowest BCUT2D eigenvalue weighted by Gasteiger charge is -2.26. The average molecular weight is 454 g/mol. The minimum absolute atomic E-state index is 0.0882.